The van der Waals surface area contributed by atoms with Gasteiger partial charge in [0.1, 0.15) is 0 Å². The Morgan fingerprint density at radius 1 is 1.44 bits per heavy atom. The molecule has 16 heavy (non-hydrogen) atoms. The molecule has 0 aliphatic rings. The first-order chi connectivity index (χ1) is 7.13. The van der Waals surface area contributed by atoms with E-state index in [2.05, 4.69) is 0 Å². The van der Waals surface area contributed by atoms with Crippen LogP contribution in [0, 0.1) is 6.92 Å². The number of benzene rings is 1. The molecule has 4 heteroatoms. The minimum atomic E-state index is -0.153. The number of carbonyl (C=O) groups is 1. The molecule has 0 bridgehead atoms. The first-order valence-electron chi connectivity index (χ1n) is 5.14. The maximum Gasteiger partial charge on any atom is 0.306 e. The number of aryl methyl sites for hydroxylation is 2. The lowest BCUT2D eigenvalue weighted by molar-refractivity contribution is -0.143. The highest BCUT2D eigenvalue weighted by molar-refractivity contribution is 5.85. The highest BCUT2D eigenvalue weighted by atomic mass is 35.5. The van der Waals surface area contributed by atoms with E-state index in [9.17, 15) is 4.79 Å². The van der Waals surface area contributed by atoms with Crippen molar-refractivity contribution in [1.82, 2.24) is 0 Å². The number of hydrogen-bond donors (Lipinski definition) is 1. The van der Waals surface area contributed by atoms with E-state index in [0.717, 1.165) is 16.8 Å². The molecule has 0 heterocycles. The van der Waals surface area contributed by atoms with Crippen LogP contribution in [0.15, 0.2) is 18.2 Å². The van der Waals surface area contributed by atoms with Crippen LogP contribution in [0.4, 0.5) is 5.69 Å². The van der Waals surface area contributed by atoms with Crippen molar-refractivity contribution in [2.45, 2.75) is 26.7 Å². The molecule has 0 atom stereocenters. The Balaban J connectivity index is 0.00000225. The summed E-state index contributed by atoms with van der Waals surface area (Å²) in [5.41, 5.74) is 8.69. The molecule has 2 N–H and O–H groups in total. The summed E-state index contributed by atoms with van der Waals surface area (Å²) in [6, 6.07) is 5.74. The number of nitrogen functional groups attached to an aromatic ring is 1. The second-order valence-corrected chi connectivity index (χ2v) is 3.49. The highest BCUT2D eigenvalue weighted by Crippen LogP contribution is 2.14. The quantitative estimate of drug-likeness (QED) is 0.653. The lowest BCUT2D eigenvalue weighted by atomic mass is 10.0. The van der Waals surface area contributed by atoms with Gasteiger partial charge in [-0.25, -0.2) is 0 Å². The molecular formula is C12H18ClNO2. The lowest BCUT2D eigenvalue weighted by Crippen LogP contribution is -2.06. The second-order valence-electron chi connectivity index (χ2n) is 3.49. The molecule has 1 rings (SSSR count). The molecule has 0 amide bonds. The normalized spacial score (nSPS) is 9.38. The molecule has 0 saturated carbocycles. The second kappa shape index (κ2) is 7.12. The van der Waals surface area contributed by atoms with Crippen molar-refractivity contribution >= 4 is 24.1 Å². The smallest absolute Gasteiger partial charge is 0.306 e. The van der Waals surface area contributed by atoms with Crippen molar-refractivity contribution in [3.63, 3.8) is 0 Å². The molecule has 0 fully saturated rings. The van der Waals surface area contributed by atoms with Crippen LogP contribution in [-0.2, 0) is 16.0 Å². The van der Waals surface area contributed by atoms with E-state index in [1.54, 1.807) is 0 Å². The zero-order valence-electron chi connectivity index (χ0n) is 9.66. The topological polar surface area (TPSA) is 52.3 Å². The van der Waals surface area contributed by atoms with Gasteiger partial charge < -0.3 is 10.5 Å². The lowest BCUT2D eigenvalue weighted by Gasteiger charge is -2.06. The SMILES string of the molecule is CCOC(=O)CCc1cc(N)ccc1C.Cl. The van der Waals surface area contributed by atoms with Gasteiger partial charge in [-0.2, -0.15) is 0 Å². The number of halogens is 1. The van der Waals surface area contributed by atoms with E-state index in [4.69, 9.17) is 10.5 Å². The largest absolute Gasteiger partial charge is 0.466 e. The molecule has 0 unspecified atom stereocenters. The van der Waals surface area contributed by atoms with Crippen LogP contribution in [0.1, 0.15) is 24.5 Å². The van der Waals surface area contributed by atoms with Crippen LogP contribution in [0.25, 0.3) is 0 Å². The number of esters is 1. The predicted molar refractivity (Wildman–Crippen MR) is 67.8 cm³/mol. The van der Waals surface area contributed by atoms with E-state index in [1.807, 2.05) is 32.0 Å². The summed E-state index contributed by atoms with van der Waals surface area (Å²) >= 11 is 0. The fourth-order valence-electron chi connectivity index (χ4n) is 1.43. The van der Waals surface area contributed by atoms with Gasteiger partial charge in [0, 0.05) is 12.1 Å². The summed E-state index contributed by atoms with van der Waals surface area (Å²) in [6.45, 7) is 4.26. The van der Waals surface area contributed by atoms with Gasteiger partial charge in [-0.3, -0.25) is 4.79 Å². The standard InChI is InChI=1S/C12H17NO2.ClH/c1-3-15-12(14)7-5-10-8-11(13)6-4-9(10)2;/h4,6,8H,3,5,7,13H2,1-2H3;1H. The molecule has 1 aromatic rings. The molecule has 1 aromatic carbocycles. The van der Waals surface area contributed by atoms with Crippen LogP contribution in [0.5, 0.6) is 0 Å². The molecule has 0 spiro atoms. The average molecular weight is 244 g/mol. The minimum absolute atomic E-state index is 0. The Hall–Kier alpha value is -1.22. The Morgan fingerprint density at radius 3 is 2.75 bits per heavy atom. The van der Waals surface area contributed by atoms with Crippen molar-refractivity contribution in [3.8, 4) is 0 Å². The van der Waals surface area contributed by atoms with Crippen LogP contribution in [-0.4, -0.2) is 12.6 Å². The Morgan fingerprint density at radius 2 is 2.12 bits per heavy atom. The number of rotatable bonds is 4. The fraction of sp³-hybridized carbons (Fsp3) is 0.417. The fourth-order valence-corrected chi connectivity index (χ4v) is 1.43. The number of anilines is 1. The average Bonchev–Trinajstić information content (AvgIpc) is 2.20. The van der Waals surface area contributed by atoms with Crippen molar-refractivity contribution < 1.29 is 9.53 Å². The summed E-state index contributed by atoms with van der Waals surface area (Å²) in [5.74, 6) is -0.153. The van der Waals surface area contributed by atoms with E-state index in [-0.39, 0.29) is 18.4 Å². The van der Waals surface area contributed by atoms with E-state index < -0.39 is 0 Å². The van der Waals surface area contributed by atoms with Crippen LogP contribution in [0.3, 0.4) is 0 Å². The maximum atomic E-state index is 11.2. The third-order valence-electron chi connectivity index (χ3n) is 2.28. The molecule has 0 radical (unpaired) electrons. The summed E-state index contributed by atoms with van der Waals surface area (Å²) in [5, 5.41) is 0. The Bertz CT molecular complexity index is 353. The highest BCUT2D eigenvalue weighted by Gasteiger charge is 2.04. The van der Waals surface area contributed by atoms with Crippen LogP contribution < -0.4 is 5.73 Å². The Labute approximate surface area is 102 Å². The molecule has 0 saturated heterocycles. The molecule has 0 aliphatic heterocycles. The van der Waals surface area contributed by atoms with E-state index in [0.29, 0.717) is 19.4 Å². The number of ether oxygens (including phenoxy) is 1. The van der Waals surface area contributed by atoms with Gasteiger partial charge in [-0.05, 0) is 43.5 Å². The van der Waals surface area contributed by atoms with Gasteiger partial charge >= 0.3 is 5.97 Å². The third-order valence-corrected chi connectivity index (χ3v) is 2.28. The first-order valence-corrected chi connectivity index (χ1v) is 5.14. The number of hydrogen-bond acceptors (Lipinski definition) is 3. The summed E-state index contributed by atoms with van der Waals surface area (Å²) in [6.07, 6.45) is 1.10. The van der Waals surface area contributed by atoms with Gasteiger partial charge in [0.2, 0.25) is 0 Å². The van der Waals surface area contributed by atoms with E-state index >= 15 is 0 Å². The molecule has 3 nitrogen and oxygen atoms in total. The summed E-state index contributed by atoms with van der Waals surface area (Å²) < 4.78 is 4.86. The van der Waals surface area contributed by atoms with Crippen molar-refractivity contribution in [1.29, 1.82) is 0 Å². The zero-order chi connectivity index (χ0) is 11.3. The van der Waals surface area contributed by atoms with Gasteiger partial charge in [-0.1, -0.05) is 6.07 Å². The first kappa shape index (κ1) is 14.8. The van der Waals surface area contributed by atoms with Gasteiger partial charge in [0.25, 0.3) is 0 Å². The maximum absolute atomic E-state index is 11.2. The molecule has 0 aromatic heterocycles. The summed E-state index contributed by atoms with van der Waals surface area (Å²) in [7, 11) is 0. The Kier molecular flexibility index (Phi) is 6.58. The minimum Gasteiger partial charge on any atom is -0.466 e. The monoisotopic (exact) mass is 243 g/mol. The molecule has 0 aliphatic carbocycles. The van der Waals surface area contributed by atoms with Gasteiger partial charge in [0.15, 0.2) is 0 Å². The summed E-state index contributed by atoms with van der Waals surface area (Å²) in [4.78, 5) is 11.2. The molecule has 90 valence electrons. The van der Waals surface area contributed by atoms with Gasteiger partial charge in [-0.15, -0.1) is 12.4 Å². The van der Waals surface area contributed by atoms with Crippen molar-refractivity contribution in [3.05, 3.63) is 29.3 Å². The van der Waals surface area contributed by atoms with Crippen molar-refractivity contribution in [2.24, 2.45) is 0 Å². The van der Waals surface area contributed by atoms with Gasteiger partial charge in [0.05, 0.1) is 6.61 Å². The number of nitrogens with two attached hydrogens (primary N) is 1. The molecular weight excluding hydrogens is 226 g/mol. The number of carbonyl (C=O) groups excluding carboxylic acids is 1. The van der Waals surface area contributed by atoms with Crippen LogP contribution in [0.2, 0.25) is 0 Å². The predicted octanol–water partition coefficient (Wildman–Crippen LogP) is 2.49. The van der Waals surface area contributed by atoms with E-state index in [1.165, 1.54) is 0 Å². The van der Waals surface area contributed by atoms with Crippen LogP contribution >= 0.6 is 12.4 Å². The zero-order valence-corrected chi connectivity index (χ0v) is 10.5. The third kappa shape index (κ3) is 4.53. The van der Waals surface area contributed by atoms with Crippen molar-refractivity contribution in [2.75, 3.05) is 12.3 Å².